The zero-order chi connectivity index (χ0) is 14.4. The molecule has 0 amide bonds. The van der Waals surface area contributed by atoms with E-state index < -0.39 is 0 Å². The van der Waals surface area contributed by atoms with Gasteiger partial charge in [0.15, 0.2) is 5.11 Å². The minimum Gasteiger partial charge on any atom is -0.495 e. The fraction of sp³-hybridized carbons (Fsp3) is 0.133. The summed E-state index contributed by atoms with van der Waals surface area (Å²) < 4.78 is 10.5. The smallest absolute Gasteiger partial charge is 0.175 e. The maximum Gasteiger partial charge on any atom is 0.175 e. The van der Waals surface area contributed by atoms with Gasteiger partial charge in [0.05, 0.1) is 25.6 Å². The van der Waals surface area contributed by atoms with Gasteiger partial charge in [-0.05, 0) is 36.5 Å². The highest BCUT2D eigenvalue weighted by atomic mass is 32.1. The Balaban J connectivity index is 2.09. The van der Waals surface area contributed by atoms with E-state index in [-0.39, 0.29) is 0 Å². The Hall–Kier alpha value is -2.27. The van der Waals surface area contributed by atoms with Gasteiger partial charge in [0.2, 0.25) is 0 Å². The van der Waals surface area contributed by atoms with Crippen LogP contribution < -0.4 is 20.1 Å². The molecule has 2 aromatic carbocycles. The van der Waals surface area contributed by atoms with Gasteiger partial charge in [-0.1, -0.05) is 24.3 Å². The fourth-order valence-corrected chi connectivity index (χ4v) is 1.99. The molecule has 104 valence electrons. The number of methoxy groups -OCH3 is 2. The van der Waals surface area contributed by atoms with Crippen molar-refractivity contribution in [3.63, 3.8) is 0 Å². The van der Waals surface area contributed by atoms with Crippen molar-refractivity contribution in [2.75, 3.05) is 24.9 Å². The van der Waals surface area contributed by atoms with Gasteiger partial charge in [0, 0.05) is 0 Å². The van der Waals surface area contributed by atoms with Crippen LogP contribution in [0.1, 0.15) is 0 Å². The average Bonchev–Trinajstić information content (AvgIpc) is 2.48. The molecule has 0 aliphatic carbocycles. The second-order valence-corrected chi connectivity index (χ2v) is 4.39. The number of benzene rings is 2. The number of hydrogen-bond acceptors (Lipinski definition) is 3. The first-order valence-corrected chi connectivity index (χ1v) is 6.49. The van der Waals surface area contributed by atoms with Crippen molar-refractivity contribution in [2.45, 2.75) is 0 Å². The first kappa shape index (κ1) is 14.1. The lowest BCUT2D eigenvalue weighted by Crippen LogP contribution is -2.19. The number of ether oxygens (including phenoxy) is 2. The third-order valence-corrected chi connectivity index (χ3v) is 2.91. The van der Waals surface area contributed by atoms with Crippen LogP contribution in [0.25, 0.3) is 0 Å². The second-order valence-electron chi connectivity index (χ2n) is 3.98. The topological polar surface area (TPSA) is 42.5 Å². The van der Waals surface area contributed by atoms with Gasteiger partial charge in [-0.2, -0.15) is 0 Å². The van der Waals surface area contributed by atoms with Gasteiger partial charge in [0.25, 0.3) is 0 Å². The predicted molar refractivity (Wildman–Crippen MR) is 85.8 cm³/mol. The van der Waals surface area contributed by atoms with Crippen molar-refractivity contribution < 1.29 is 9.47 Å². The van der Waals surface area contributed by atoms with E-state index in [9.17, 15) is 0 Å². The van der Waals surface area contributed by atoms with Crippen LogP contribution >= 0.6 is 12.2 Å². The van der Waals surface area contributed by atoms with E-state index >= 15 is 0 Å². The van der Waals surface area contributed by atoms with Crippen LogP contribution in [0, 0.1) is 0 Å². The zero-order valence-electron chi connectivity index (χ0n) is 11.3. The lowest BCUT2D eigenvalue weighted by Gasteiger charge is -2.14. The van der Waals surface area contributed by atoms with Crippen LogP contribution in [0.3, 0.4) is 0 Å². The molecule has 20 heavy (non-hydrogen) atoms. The molecule has 0 saturated carbocycles. The molecule has 0 aliphatic rings. The highest BCUT2D eigenvalue weighted by Gasteiger charge is 2.06. The molecule has 5 heteroatoms. The Bertz CT molecular complexity index is 550. The Morgan fingerprint density at radius 2 is 1.20 bits per heavy atom. The molecule has 2 N–H and O–H groups in total. The number of rotatable bonds is 4. The van der Waals surface area contributed by atoms with Crippen molar-refractivity contribution in [1.82, 2.24) is 0 Å². The van der Waals surface area contributed by atoms with E-state index in [1.807, 2.05) is 48.5 Å². The molecular weight excluding hydrogens is 272 g/mol. The summed E-state index contributed by atoms with van der Waals surface area (Å²) in [5, 5.41) is 6.67. The lowest BCUT2D eigenvalue weighted by molar-refractivity contribution is 0.417. The van der Waals surface area contributed by atoms with Gasteiger partial charge >= 0.3 is 0 Å². The lowest BCUT2D eigenvalue weighted by atomic mass is 10.3. The molecule has 0 unspecified atom stereocenters. The standard InChI is InChI=1S/C15H16N2O2S/c1-18-13-9-5-3-7-11(13)16-15(20)17-12-8-4-6-10-14(12)19-2/h3-10H,1-2H3,(H2,16,17,20). The number of hydrogen-bond donors (Lipinski definition) is 2. The Morgan fingerprint density at radius 1 is 0.800 bits per heavy atom. The fourth-order valence-electron chi connectivity index (χ4n) is 1.77. The van der Waals surface area contributed by atoms with Crippen molar-refractivity contribution in [1.29, 1.82) is 0 Å². The summed E-state index contributed by atoms with van der Waals surface area (Å²) in [6.07, 6.45) is 0. The number of anilines is 2. The number of nitrogens with one attached hydrogen (secondary N) is 2. The quantitative estimate of drug-likeness (QED) is 0.843. The average molecular weight is 288 g/mol. The predicted octanol–water partition coefficient (Wildman–Crippen LogP) is 3.51. The molecule has 0 bridgehead atoms. The highest BCUT2D eigenvalue weighted by molar-refractivity contribution is 7.80. The minimum atomic E-state index is 0.471. The second kappa shape index (κ2) is 6.77. The van der Waals surface area contributed by atoms with Crippen molar-refractivity contribution in [2.24, 2.45) is 0 Å². The van der Waals surface area contributed by atoms with E-state index in [0.29, 0.717) is 5.11 Å². The molecule has 0 aromatic heterocycles. The van der Waals surface area contributed by atoms with Crippen LogP contribution in [0.2, 0.25) is 0 Å². The van der Waals surface area contributed by atoms with Crippen LogP contribution in [-0.4, -0.2) is 19.3 Å². The van der Waals surface area contributed by atoms with E-state index in [4.69, 9.17) is 21.7 Å². The molecule has 0 saturated heterocycles. The van der Waals surface area contributed by atoms with Crippen molar-refractivity contribution in [3.8, 4) is 11.5 Å². The monoisotopic (exact) mass is 288 g/mol. The zero-order valence-corrected chi connectivity index (χ0v) is 12.2. The van der Waals surface area contributed by atoms with E-state index in [1.54, 1.807) is 14.2 Å². The molecule has 2 aromatic rings. The number of para-hydroxylation sites is 4. The minimum absolute atomic E-state index is 0.471. The molecule has 0 fully saturated rings. The molecule has 4 nitrogen and oxygen atoms in total. The van der Waals surface area contributed by atoms with Gasteiger partial charge < -0.3 is 20.1 Å². The largest absolute Gasteiger partial charge is 0.495 e. The van der Waals surface area contributed by atoms with Gasteiger partial charge in [-0.25, -0.2) is 0 Å². The highest BCUT2D eigenvalue weighted by Crippen LogP contribution is 2.25. The molecule has 0 atom stereocenters. The summed E-state index contributed by atoms with van der Waals surface area (Å²) in [4.78, 5) is 0. The van der Waals surface area contributed by atoms with E-state index in [0.717, 1.165) is 22.9 Å². The summed E-state index contributed by atoms with van der Waals surface area (Å²) >= 11 is 5.30. The summed E-state index contributed by atoms with van der Waals surface area (Å²) in [6.45, 7) is 0. The summed E-state index contributed by atoms with van der Waals surface area (Å²) in [5.74, 6) is 1.47. The molecule has 0 heterocycles. The first-order valence-electron chi connectivity index (χ1n) is 6.08. The van der Waals surface area contributed by atoms with Gasteiger partial charge in [0.1, 0.15) is 11.5 Å². The van der Waals surface area contributed by atoms with Crippen molar-refractivity contribution >= 4 is 28.7 Å². The van der Waals surface area contributed by atoms with E-state index in [2.05, 4.69) is 10.6 Å². The molecule has 2 rings (SSSR count). The third-order valence-electron chi connectivity index (χ3n) is 2.71. The maximum absolute atomic E-state index is 5.30. The molecular formula is C15H16N2O2S. The van der Waals surface area contributed by atoms with Crippen LogP contribution in [0.4, 0.5) is 11.4 Å². The summed E-state index contributed by atoms with van der Waals surface area (Å²) in [7, 11) is 3.24. The maximum atomic E-state index is 5.30. The Labute approximate surface area is 123 Å². The van der Waals surface area contributed by atoms with Gasteiger partial charge in [-0.3, -0.25) is 0 Å². The van der Waals surface area contributed by atoms with E-state index in [1.165, 1.54) is 0 Å². The molecule has 0 spiro atoms. The normalized spacial score (nSPS) is 9.70. The van der Waals surface area contributed by atoms with Crippen LogP contribution in [0.5, 0.6) is 11.5 Å². The molecule has 0 radical (unpaired) electrons. The number of thiocarbonyl (C=S) groups is 1. The summed E-state index contributed by atoms with van der Waals surface area (Å²) in [6, 6.07) is 15.2. The van der Waals surface area contributed by atoms with Gasteiger partial charge in [-0.15, -0.1) is 0 Å². The Kier molecular flexibility index (Phi) is 4.79. The van der Waals surface area contributed by atoms with Crippen LogP contribution in [0.15, 0.2) is 48.5 Å². The Morgan fingerprint density at radius 3 is 1.60 bits per heavy atom. The first-order chi connectivity index (χ1) is 9.74. The SMILES string of the molecule is COc1ccccc1NC(=S)Nc1ccccc1OC. The van der Waals surface area contributed by atoms with Crippen molar-refractivity contribution in [3.05, 3.63) is 48.5 Å². The summed E-state index contributed by atoms with van der Waals surface area (Å²) in [5.41, 5.74) is 1.62. The molecule has 0 aliphatic heterocycles. The van der Waals surface area contributed by atoms with Crippen LogP contribution in [-0.2, 0) is 0 Å². The third kappa shape index (κ3) is 3.39.